The number of carbonyl (C=O) groups is 1. The number of benzene rings is 3. The molecule has 144 valence electrons. The molecule has 0 radical (unpaired) electrons. The fraction of sp³-hybridized carbons (Fsp3) is 0.120. The molecule has 0 saturated carbocycles. The Morgan fingerprint density at radius 3 is 2.31 bits per heavy atom. The van der Waals surface area contributed by atoms with E-state index in [1.165, 1.54) is 0 Å². The second-order valence-electron chi connectivity index (χ2n) is 6.79. The number of nitrogens with zero attached hydrogens (tertiary/aromatic N) is 1. The van der Waals surface area contributed by atoms with Crippen LogP contribution in [-0.2, 0) is 6.54 Å². The van der Waals surface area contributed by atoms with Gasteiger partial charge in [-0.1, -0.05) is 60.7 Å². The summed E-state index contributed by atoms with van der Waals surface area (Å²) >= 11 is 0. The second-order valence-corrected chi connectivity index (χ2v) is 6.79. The lowest BCUT2D eigenvalue weighted by molar-refractivity contribution is 0.103. The van der Waals surface area contributed by atoms with Crippen molar-refractivity contribution >= 4 is 16.7 Å². The zero-order valence-corrected chi connectivity index (χ0v) is 16.2. The molecule has 4 rings (SSSR count). The van der Waals surface area contributed by atoms with Crippen LogP contribution in [0.4, 0.5) is 0 Å². The van der Waals surface area contributed by atoms with Crippen molar-refractivity contribution in [1.82, 2.24) is 4.57 Å². The maximum Gasteiger partial charge on any atom is 0.200 e. The van der Waals surface area contributed by atoms with Gasteiger partial charge < -0.3 is 9.30 Å². The monoisotopic (exact) mass is 383 g/mol. The highest BCUT2D eigenvalue weighted by atomic mass is 16.5. The zero-order valence-electron chi connectivity index (χ0n) is 16.2. The molecule has 0 fully saturated rings. The average Bonchev–Trinajstić information content (AvgIpc) is 2.77. The maximum absolute atomic E-state index is 13.2. The van der Waals surface area contributed by atoms with Crippen molar-refractivity contribution < 1.29 is 9.53 Å². The smallest absolute Gasteiger partial charge is 0.200 e. The Balaban J connectivity index is 1.91. The molecular weight excluding hydrogens is 362 g/mol. The van der Waals surface area contributed by atoms with E-state index in [-0.39, 0.29) is 16.8 Å². The van der Waals surface area contributed by atoms with Gasteiger partial charge in [0.2, 0.25) is 5.43 Å². The highest BCUT2D eigenvalue weighted by molar-refractivity contribution is 6.10. The second kappa shape index (κ2) is 8.15. The topological polar surface area (TPSA) is 48.3 Å². The molecule has 4 aromatic rings. The molecule has 0 atom stereocenters. The van der Waals surface area contributed by atoms with Gasteiger partial charge in [-0.25, -0.2) is 0 Å². The highest BCUT2D eigenvalue weighted by Crippen LogP contribution is 2.21. The van der Waals surface area contributed by atoms with Gasteiger partial charge in [0.05, 0.1) is 23.1 Å². The van der Waals surface area contributed by atoms with Crippen LogP contribution in [0.3, 0.4) is 0 Å². The van der Waals surface area contributed by atoms with Gasteiger partial charge in [-0.2, -0.15) is 0 Å². The molecule has 0 amide bonds. The Kier molecular flexibility index (Phi) is 5.25. The van der Waals surface area contributed by atoms with Crippen LogP contribution in [0.1, 0.15) is 28.4 Å². The number of hydrogen-bond acceptors (Lipinski definition) is 3. The van der Waals surface area contributed by atoms with E-state index in [1.54, 1.807) is 36.5 Å². The summed E-state index contributed by atoms with van der Waals surface area (Å²) in [5.41, 5.74) is 2.24. The maximum atomic E-state index is 13.2. The summed E-state index contributed by atoms with van der Waals surface area (Å²) in [6, 6.07) is 24.3. The van der Waals surface area contributed by atoms with E-state index in [9.17, 15) is 9.59 Å². The van der Waals surface area contributed by atoms with Gasteiger partial charge in [0.1, 0.15) is 5.75 Å². The largest absolute Gasteiger partial charge is 0.494 e. The summed E-state index contributed by atoms with van der Waals surface area (Å²) in [6.07, 6.45) is 1.67. The summed E-state index contributed by atoms with van der Waals surface area (Å²) < 4.78 is 7.54. The Morgan fingerprint density at radius 2 is 1.62 bits per heavy atom. The predicted molar refractivity (Wildman–Crippen MR) is 115 cm³/mol. The Morgan fingerprint density at radius 1 is 0.931 bits per heavy atom. The van der Waals surface area contributed by atoms with E-state index in [1.807, 2.05) is 60.0 Å². The van der Waals surface area contributed by atoms with Crippen molar-refractivity contribution in [3.63, 3.8) is 0 Å². The van der Waals surface area contributed by atoms with Crippen LogP contribution >= 0.6 is 0 Å². The van der Waals surface area contributed by atoms with E-state index in [0.29, 0.717) is 29.9 Å². The van der Waals surface area contributed by atoms with E-state index in [2.05, 4.69) is 0 Å². The van der Waals surface area contributed by atoms with Crippen LogP contribution in [-0.4, -0.2) is 17.0 Å². The lowest BCUT2D eigenvalue weighted by atomic mass is 10.0. The Bertz CT molecular complexity index is 1210. The summed E-state index contributed by atoms with van der Waals surface area (Å²) in [5, 5.41) is 0.480. The number of hydrogen-bond donors (Lipinski definition) is 0. The van der Waals surface area contributed by atoms with Crippen molar-refractivity contribution in [3.05, 3.63) is 112 Å². The minimum atomic E-state index is -0.278. The van der Waals surface area contributed by atoms with Crippen molar-refractivity contribution in [3.8, 4) is 5.75 Å². The van der Waals surface area contributed by atoms with Gasteiger partial charge in [0.15, 0.2) is 5.78 Å². The molecule has 29 heavy (non-hydrogen) atoms. The van der Waals surface area contributed by atoms with Crippen LogP contribution < -0.4 is 10.2 Å². The number of fused-ring (bicyclic) bond motifs is 1. The molecular formula is C25H21NO3. The molecule has 3 aromatic carbocycles. The highest BCUT2D eigenvalue weighted by Gasteiger charge is 2.17. The summed E-state index contributed by atoms with van der Waals surface area (Å²) in [5.74, 6) is 0.341. The van der Waals surface area contributed by atoms with E-state index in [0.717, 1.165) is 11.1 Å². The van der Waals surface area contributed by atoms with Crippen LogP contribution in [0.15, 0.2) is 89.9 Å². The van der Waals surface area contributed by atoms with Crippen LogP contribution in [0, 0.1) is 0 Å². The van der Waals surface area contributed by atoms with Crippen molar-refractivity contribution in [2.45, 2.75) is 13.5 Å². The third-order valence-corrected chi connectivity index (χ3v) is 4.84. The molecule has 0 saturated heterocycles. The summed E-state index contributed by atoms with van der Waals surface area (Å²) in [6.45, 7) is 2.96. The molecule has 4 nitrogen and oxygen atoms in total. The molecule has 4 heteroatoms. The van der Waals surface area contributed by atoms with E-state index < -0.39 is 0 Å². The third-order valence-electron chi connectivity index (χ3n) is 4.84. The molecule has 0 bridgehead atoms. The molecule has 0 unspecified atom stereocenters. The first-order chi connectivity index (χ1) is 14.2. The Hall–Kier alpha value is -3.66. The normalized spacial score (nSPS) is 10.8. The number of pyridine rings is 1. The molecule has 0 N–H and O–H groups in total. The first-order valence-electron chi connectivity index (χ1n) is 9.61. The summed E-state index contributed by atoms with van der Waals surface area (Å²) in [7, 11) is 0. The number of rotatable bonds is 6. The van der Waals surface area contributed by atoms with Crippen LogP contribution in [0.2, 0.25) is 0 Å². The lowest BCUT2D eigenvalue weighted by Crippen LogP contribution is -2.20. The average molecular weight is 383 g/mol. The van der Waals surface area contributed by atoms with Crippen LogP contribution in [0.5, 0.6) is 5.75 Å². The van der Waals surface area contributed by atoms with Gasteiger partial charge in [-0.15, -0.1) is 0 Å². The quantitative estimate of drug-likeness (QED) is 0.454. The van der Waals surface area contributed by atoms with Crippen LogP contribution in [0.25, 0.3) is 10.9 Å². The van der Waals surface area contributed by atoms with E-state index >= 15 is 0 Å². The minimum absolute atomic E-state index is 0.160. The minimum Gasteiger partial charge on any atom is -0.494 e. The number of aromatic nitrogens is 1. The Labute approximate surface area is 169 Å². The third kappa shape index (κ3) is 3.83. The number of carbonyl (C=O) groups excluding carboxylic acids is 1. The van der Waals surface area contributed by atoms with Crippen molar-refractivity contribution in [1.29, 1.82) is 0 Å². The molecule has 0 spiro atoms. The molecule has 0 aliphatic rings. The fourth-order valence-electron chi connectivity index (χ4n) is 3.45. The number of ether oxygens (including phenoxy) is 1. The van der Waals surface area contributed by atoms with Gasteiger partial charge in [0, 0.05) is 18.3 Å². The SMILES string of the molecule is CCOc1ccc2c(c1)c(=O)c(C(=O)c1ccccc1)cn2Cc1ccccc1. The number of ketones is 1. The van der Waals surface area contributed by atoms with Gasteiger partial charge in [-0.05, 0) is 30.7 Å². The summed E-state index contributed by atoms with van der Waals surface area (Å²) in [4.78, 5) is 26.3. The lowest BCUT2D eigenvalue weighted by Gasteiger charge is -2.14. The van der Waals surface area contributed by atoms with E-state index in [4.69, 9.17) is 4.74 Å². The zero-order chi connectivity index (χ0) is 20.2. The van der Waals surface area contributed by atoms with Gasteiger partial charge in [0.25, 0.3) is 0 Å². The first kappa shape index (κ1) is 18.7. The predicted octanol–water partition coefficient (Wildman–Crippen LogP) is 4.68. The van der Waals surface area contributed by atoms with Gasteiger partial charge in [-0.3, -0.25) is 9.59 Å². The molecule has 0 aliphatic heterocycles. The fourth-order valence-corrected chi connectivity index (χ4v) is 3.45. The van der Waals surface area contributed by atoms with Gasteiger partial charge >= 0.3 is 0 Å². The molecule has 1 heterocycles. The molecule has 1 aromatic heterocycles. The first-order valence-corrected chi connectivity index (χ1v) is 9.61. The van der Waals surface area contributed by atoms with Crippen molar-refractivity contribution in [2.75, 3.05) is 6.61 Å². The standard InChI is InChI=1S/C25H21NO3/c1-2-29-20-13-14-23-21(15-20)25(28)22(24(27)19-11-7-4-8-12-19)17-26(23)16-18-9-5-3-6-10-18/h3-15,17H,2,16H2,1H3. The molecule has 0 aliphatic carbocycles. The van der Waals surface area contributed by atoms with Crippen molar-refractivity contribution in [2.24, 2.45) is 0 Å².